The third kappa shape index (κ3) is 7.09. The SMILES string of the molecule is C.C1CCOC1.Clc1ncnc2[nH]c(I)cc12.O=S(=O)(c1ccccc1)n1c(I)cc2c(Cl)ncnc21. The number of rotatable bonds is 2. The van der Waals surface area contributed by atoms with Gasteiger partial charge in [0.2, 0.25) is 0 Å². The summed E-state index contributed by atoms with van der Waals surface area (Å²) >= 11 is 15.9. The number of ether oxygens (including phenoxy) is 1. The fourth-order valence-electron chi connectivity index (χ4n) is 3.24. The summed E-state index contributed by atoms with van der Waals surface area (Å²) < 4.78 is 33.0. The van der Waals surface area contributed by atoms with E-state index in [0.29, 0.717) is 14.2 Å². The summed E-state index contributed by atoms with van der Waals surface area (Å²) in [5, 5.41) is 2.11. The van der Waals surface area contributed by atoms with Gasteiger partial charge in [-0.05, 0) is 82.3 Å². The predicted octanol–water partition coefficient (Wildman–Crippen LogP) is 6.58. The van der Waals surface area contributed by atoms with E-state index in [1.54, 1.807) is 36.4 Å². The average molecular weight is 787 g/mol. The average Bonchev–Trinajstić information content (AvgIpc) is 3.61. The zero-order valence-electron chi connectivity index (χ0n) is 18.4. The van der Waals surface area contributed by atoms with Crippen molar-refractivity contribution in [3.8, 4) is 0 Å². The van der Waals surface area contributed by atoms with E-state index in [1.807, 2.05) is 28.7 Å². The van der Waals surface area contributed by atoms with Crippen LogP contribution >= 0.6 is 68.4 Å². The molecule has 0 radical (unpaired) electrons. The number of nitrogens with one attached hydrogen (secondary N) is 1. The van der Waals surface area contributed by atoms with Crippen LogP contribution in [0.3, 0.4) is 0 Å². The first-order valence-corrected chi connectivity index (χ1v) is 14.8. The van der Waals surface area contributed by atoms with Crippen molar-refractivity contribution in [1.29, 1.82) is 0 Å². The Balaban J connectivity index is 0.000000186. The zero-order valence-corrected chi connectivity index (χ0v) is 25.0. The Hall–Kier alpha value is -1.59. The van der Waals surface area contributed by atoms with Crippen LogP contribution in [-0.2, 0) is 14.8 Å². The minimum atomic E-state index is -3.71. The van der Waals surface area contributed by atoms with E-state index in [4.69, 9.17) is 27.9 Å². The first kappa shape index (κ1) is 30.0. The van der Waals surface area contributed by atoms with Gasteiger partial charge >= 0.3 is 0 Å². The largest absolute Gasteiger partial charge is 0.381 e. The quantitative estimate of drug-likeness (QED) is 0.159. The molecule has 0 atom stereocenters. The number of nitrogens with zero attached hydrogens (tertiary/aromatic N) is 5. The van der Waals surface area contributed by atoms with Crippen molar-refractivity contribution in [3.05, 3.63) is 72.8 Å². The van der Waals surface area contributed by atoms with Crippen LogP contribution in [0.1, 0.15) is 20.3 Å². The van der Waals surface area contributed by atoms with Gasteiger partial charge in [0.1, 0.15) is 28.6 Å². The topological polar surface area (TPSA) is 116 Å². The molecule has 0 spiro atoms. The Kier molecular flexibility index (Phi) is 10.9. The molecule has 0 unspecified atom stereocenters. The second kappa shape index (κ2) is 13.5. The van der Waals surface area contributed by atoms with Gasteiger partial charge in [0.25, 0.3) is 10.0 Å². The summed E-state index contributed by atoms with van der Waals surface area (Å²) in [6, 6.07) is 11.8. The lowest BCUT2D eigenvalue weighted by molar-refractivity contribution is 0.198. The van der Waals surface area contributed by atoms with E-state index >= 15 is 0 Å². The summed E-state index contributed by atoms with van der Waals surface area (Å²) in [5.74, 6) is 0. The van der Waals surface area contributed by atoms with Gasteiger partial charge in [0, 0.05) is 13.2 Å². The monoisotopic (exact) mass is 786 g/mol. The van der Waals surface area contributed by atoms with E-state index in [2.05, 4.69) is 47.5 Å². The van der Waals surface area contributed by atoms with Crippen LogP contribution in [-0.4, -0.2) is 50.5 Å². The zero-order chi connectivity index (χ0) is 25.7. The van der Waals surface area contributed by atoms with Crippen LogP contribution in [0.2, 0.25) is 10.3 Å². The van der Waals surface area contributed by atoms with Gasteiger partial charge in [0.05, 0.1) is 23.1 Å². The smallest absolute Gasteiger partial charge is 0.270 e. The van der Waals surface area contributed by atoms with E-state index < -0.39 is 10.0 Å². The highest BCUT2D eigenvalue weighted by atomic mass is 127. The van der Waals surface area contributed by atoms with Crippen LogP contribution < -0.4 is 0 Å². The highest BCUT2D eigenvalue weighted by Gasteiger charge is 2.23. The second-order valence-electron chi connectivity index (χ2n) is 7.31. The Bertz CT molecular complexity index is 1590. The number of hydrogen-bond acceptors (Lipinski definition) is 7. The third-order valence-corrected chi connectivity index (χ3v) is 8.94. The van der Waals surface area contributed by atoms with E-state index in [-0.39, 0.29) is 23.1 Å². The molecule has 1 aromatic carbocycles. The summed E-state index contributed by atoms with van der Waals surface area (Å²) in [5.41, 5.74) is 1.06. The normalized spacial score (nSPS) is 12.9. The number of hydrogen-bond donors (Lipinski definition) is 1. The molecule has 5 heterocycles. The molecule has 1 saturated heterocycles. The number of halogens is 4. The molecule has 6 rings (SSSR count). The van der Waals surface area contributed by atoms with Crippen molar-refractivity contribution < 1.29 is 13.2 Å². The molecule has 9 nitrogen and oxygen atoms in total. The number of benzene rings is 1. The molecule has 196 valence electrons. The lowest BCUT2D eigenvalue weighted by Crippen LogP contribution is -2.14. The summed E-state index contributed by atoms with van der Waals surface area (Å²) in [6.07, 6.45) is 5.25. The van der Waals surface area contributed by atoms with Crippen molar-refractivity contribution in [2.45, 2.75) is 25.2 Å². The summed E-state index contributed by atoms with van der Waals surface area (Å²) in [7, 11) is -3.71. The summed E-state index contributed by atoms with van der Waals surface area (Å²) in [6.45, 7) is 2.00. The maximum Gasteiger partial charge on any atom is 0.270 e. The predicted molar refractivity (Wildman–Crippen MR) is 163 cm³/mol. The highest BCUT2D eigenvalue weighted by molar-refractivity contribution is 14.1. The Morgan fingerprint density at radius 3 is 2.11 bits per heavy atom. The minimum absolute atomic E-state index is 0. The molecule has 5 aromatic rings. The number of fused-ring (bicyclic) bond motifs is 2. The lowest BCUT2D eigenvalue weighted by Gasteiger charge is -2.08. The third-order valence-electron chi connectivity index (χ3n) is 4.92. The van der Waals surface area contributed by atoms with Gasteiger partial charge in [-0.2, -0.15) is 0 Å². The van der Waals surface area contributed by atoms with Gasteiger partial charge in [-0.3, -0.25) is 0 Å². The molecular formula is C23H22Cl2I2N6O3S. The van der Waals surface area contributed by atoms with Crippen LogP contribution in [0.5, 0.6) is 0 Å². The molecule has 1 N–H and O–H groups in total. The van der Waals surface area contributed by atoms with Crippen LogP contribution in [0.15, 0.2) is 60.0 Å². The maximum atomic E-state index is 12.7. The molecule has 1 fully saturated rings. The molecule has 1 aliphatic heterocycles. The second-order valence-corrected chi connectivity index (χ2v) is 12.1. The van der Waals surface area contributed by atoms with Crippen LogP contribution in [0.4, 0.5) is 0 Å². The number of aromatic amines is 1. The first-order chi connectivity index (χ1) is 17.3. The van der Waals surface area contributed by atoms with E-state index in [1.165, 1.54) is 29.5 Å². The van der Waals surface area contributed by atoms with Gasteiger partial charge in [-0.25, -0.2) is 32.3 Å². The maximum absolute atomic E-state index is 12.7. The molecular weight excluding hydrogens is 765 g/mol. The van der Waals surface area contributed by atoms with Crippen LogP contribution in [0, 0.1) is 7.40 Å². The fourth-order valence-corrected chi connectivity index (χ4v) is 6.87. The molecule has 37 heavy (non-hydrogen) atoms. The van der Waals surface area contributed by atoms with Crippen molar-refractivity contribution in [1.82, 2.24) is 28.9 Å². The fraction of sp³-hybridized carbons (Fsp3) is 0.217. The first-order valence-electron chi connectivity index (χ1n) is 10.5. The molecule has 1 aliphatic rings. The number of H-pyrrole nitrogens is 1. The van der Waals surface area contributed by atoms with Gasteiger partial charge in [0.15, 0.2) is 5.65 Å². The van der Waals surface area contributed by atoms with E-state index in [9.17, 15) is 8.42 Å². The Morgan fingerprint density at radius 2 is 1.51 bits per heavy atom. The van der Waals surface area contributed by atoms with Gasteiger partial charge in [-0.15, -0.1) is 0 Å². The van der Waals surface area contributed by atoms with E-state index in [0.717, 1.165) is 27.9 Å². The lowest BCUT2D eigenvalue weighted by atomic mass is 10.4. The van der Waals surface area contributed by atoms with Crippen molar-refractivity contribution >= 4 is 100 Å². The Labute approximate surface area is 251 Å². The number of aromatic nitrogens is 6. The molecule has 0 amide bonds. The summed E-state index contributed by atoms with van der Waals surface area (Å²) in [4.78, 5) is 19.0. The minimum Gasteiger partial charge on any atom is -0.381 e. The molecule has 0 bridgehead atoms. The highest BCUT2D eigenvalue weighted by Crippen LogP contribution is 2.28. The molecule has 4 aromatic heterocycles. The molecule has 0 aliphatic carbocycles. The molecule has 14 heteroatoms. The molecule has 0 saturated carbocycles. The van der Waals surface area contributed by atoms with Gasteiger partial charge < -0.3 is 9.72 Å². The van der Waals surface area contributed by atoms with Crippen molar-refractivity contribution in [2.75, 3.05) is 13.2 Å². The standard InChI is InChI=1S/C12H7ClIN3O2S.C6H3ClIN3.C4H8O.CH4/c13-11-9-6-10(14)17(12(9)16-7-15-11)20(18,19)8-4-2-1-3-5-8;7-5-3-1-4(8)11-6(3)10-2-9-5;1-2-4-5-3-1;/h1-7H;1-2H,(H,9,10,11);1-4H2;1H4. The van der Waals surface area contributed by atoms with Crippen molar-refractivity contribution in [3.63, 3.8) is 0 Å². The Morgan fingerprint density at radius 1 is 0.892 bits per heavy atom. The van der Waals surface area contributed by atoms with Crippen LogP contribution in [0.25, 0.3) is 22.1 Å². The van der Waals surface area contributed by atoms with Crippen molar-refractivity contribution in [2.24, 2.45) is 0 Å². The van der Waals surface area contributed by atoms with Gasteiger partial charge in [-0.1, -0.05) is 48.8 Å².